The number of likely N-dealkylation sites (N-methyl/N-ethyl adjacent to an activating group) is 1. The summed E-state index contributed by atoms with van der Waals surface area (Å²) in [5, 5.41) is 5.58. The van der Waals surface area contributed by atoms with Crippen LogP contribution in [0.5, 0.6) is 17.2 Å². The van der Waals surface area contributed by atoms with Crippen molar-refractivity contribution >= 4 is 17.4 Å². The van der Waals surface area contributed by atoms with Crippen molar-refractivity contribution in [2.45, 2.75) is 0 Å². The van der Waals surface area contributed by atoms with E-state index in [0.29, 0.717) is 29.5 Å². The number of urea groups is 1. The number of benzene rings is 2. The first-order chi connectivity index (χ1) is 14.1. The number of hydrogen-bond donors (Lipinski definition) is 2. The highest BCUT2D eigenvalue weighted by atomic mass is 16.5. The van der Waals surface area contributed by atoms with Gasteiger partial charge in [-0.3, -0.25) is 4.98 Å². The quantitative estimate of drug-likeness (QED) is 0.592. The Morgan fingerprint density at radius 2 is 1.34 bits per heavy atom. The van der Waals surface area contributed by atoms with E-state index in [-0.39, 0.29) is 6.03 Å². The van der Waals surface area contributed by atoms with Crippen LogP contribution < -0.4 is 20.1 Å². The van der Waals surface area contributed by atoms with Gasteiger partial charge in [0, 0.05) is 30.3 Å². The summed E-state index contributed by atoms with van der Waals surface area (Å²) < 4.78 is 11.3. The topological polar surface area (TPSA) is 75.7 Å². The van der Waals surface area contributed by atoms with Crippen LogP contribution in [-0.4, -0.2) is 43.2 Å². The van der Waals surface area contributed by atoms with Crippen LogP contribution in [-0.2, 0) is 0 Å². The highest BCUT2D eigenvalue weighted by Crippen LogP contribution is 2.22. The SMILES string of the molecule is CN(C)CCOc1ccc(NC(=O)Nc2ccc(Oc3ccncc3)cc2)cc1. The third-order valence-corrected chi connectivity index (χ3v) is 3.92. The first-order valence-electron chi connectivity index (χ1n) is 9.22. The molecule has 7 heteroatoms. The number of rotatable bonds is 8. The molecule has 1 heterocycles. The molecule has 2 aromatic carbocycles. The van der Waals surface area contributed by atoms with Crippen molar-refractivity contribution < 1.29 is 14.3 Å². The number of nitrogens with zero attached hydrogens (tertiary/aromatic N) is 2. The number of ether oxygens (including phenoxy) is 2. The average Bonchev–Trinajstić information content (AvgIpc) is 2.71. The molecule has 0 fully saturated rings. The molecule has 3 rings (SSSR count). The molecular formula is C22H24N4O3. The number of aromatic nitrogens is 1. The van der Waals surface area contributed by atoms with E-state index < -0.39 is 0 Å². The van der Waals surface area contributed by atoms with Crippen molar-refractivity contribution in [2.24, 2.45) is 0 Å². The van der Waals surface area contributed by atoms with Gasteiger partial charge < -0.3 is 25.0 Å². The lowest BCUT2D eigenvalue weighted by molar-refractivity contribution is 0.261. The summed E-state index contributed by atoms with van der Waals surface area (Å²) in [4.78, 5) is 18.2. The van der Waals surface area contributed by atoms with E-state index in [0.717, 1.165) is 12.3 Å². The summed E-state index contributed by atoms with van der Waals surface area (Å²) in [5.74, 6) is 2.14. The molecular weight excluding hydrogens is 368 g/mol. The van der Waals surface area contributed by atoms with E-state index in [1.807, 2.05) is 26.2 Å². The highest BCUT2D eigenvalue weighted by Gasteiger charge is 2.04. The molecule has 2 amide bonds. The van der Waals surface area contributed by atoms with E-state index in [2.05, 4.69) is 20.5 Å². The van der Waals surface area contributed by atoms with Crippen molar-refractivity contribution in [3.05, 3.63) is 73.1 Å². The third-order valence-electron chi connectivity index (χ3n) is 3.92. The van der Waals surface area contributed by atoms with Crippen LogP contribution in [0.3, 0.4) is 0 Å². The number of carbonyl (C=O) groups is 1. The second-order valence-corrected chi connectivity index (χ2v) is 6.56. The van der Waals surface area contributed by atoms with Gasteiger partial charge in [0.2, 0.25) is 0 Å². The van der Waals surface area contributed by atoms with Crippen molar-refractivity contribution in [3.63, 3.8) is 0 Å². The molecule has 150 valence electrons. The van der Waals surface area contributed by atoms with Crippen molar-refractivity contribution in [1.82, 2.24) is 9.88 Å². The molecule has 0 aliphatic rings. The lowest BCUT2D eigenvalue weighted by Gasteiger charge is -2.12. The maximum atomic E-state index is 12.2. The predicted molar refractivity (Wildman–Crippen MR) is 114 cm³/mol. The van der Waals surface area contributed by atoms with Gasteiger partial charge in [0.1, 0.15) is 23.9 Å². The molecule has 29 heavy (non-hydrogen) atoms. The summed E-state index contributed by atoms with van der Waals surface area (Å²) >= 11 is 0. The lowest BCUT2D eigenvalue weighted by atomic mass is 10.3. The largest absolute Gasteiger partial charge is 0.492 e. The lowest BCUT2D eigenvalue weighted by Crippen LogP contribution is -2.20. The number of anilines is 2. The maximum absolute atomic E-state index is 12.2. The summed E-state index contributed by atoms with van der Waals surface area (Å²) in [6.45, 7) is 1.45. The van der Waals surface area contributed by atoms with Crippen LogP contribution in [0, 0.1) is 0 Å². The normalized spacial score (nSPS) is 10.4. The fourth-order valence-electron chi connectivity index (χ4n) is 2.42. The molecule has 7 nitrogen and oxygen atoms in total. The van der Waals surface area contributed by atoms with Gasteiger partial charge in [-0.1, -0.05) is 0 Å². The van der Waals surface area contributed by atoms with Gasteiger partial charge in [-0.15, -0.1) is 0 Å². The molecule has 0 saturated carbocycles. The number of amides is 2. The molecule has 3 aromatic rings. The van der Waals surface area contributed by atoms with E-state index in [4.69, 9.17) is 9.47 Å². The Morgan fingerprint density at radius 1 is 0.828 bits per heavy atom. The van der Waals surface area contributed by atoms with Gasteiger partial charge in [0.05, 0.1) is 0 Å². The fourth-order valence-corrected chi connectivity index (χ4v) is 2.42. The van der Waals surface area contributed by atoms with Gasteiger partial charge in [0.15, 0.2) is 0 Å². The maximum Gasteiger partial charge on any atom is 0.323 e. The molecule has 0 bridgehead atoms. The number of carbonyl (C=O) groups excluding carboxylic acids is 1. The minimum absolute atomic E-state index is 0.325. The number of nitrogens with one attached hydrogen (secondary N) is 2. The first-order valence-corrected chi connectivity index (χ1v) is 9.22. The van der Waals surface area contributed by atoms with Gasteiger partial charge in [-0.25, -0.2) is 4.79 Å². The second-order valence-electron chi connectivity index (χ2n) is 6.56. The number of pyridine rings is 1. The van der Waals surface area contributed by atoms with Gasteiger partial charge in [-0.05, 0) is 74.8 Å². The standard InChI is InChI=1S/C22H24N4O3/c1-26(2)15-16-28-19-7-3-17(4-8-19)24-22(27)25-18-5-9-20(10-6-18)29-21-11-13-23-14-12-21/h3-14H,15-16H2,1-2H3,(H2,24,25,27). The van der Waals surface area contributed by atoms with E-state index in [9.17, 15) is 4.79 Å². The van der Waals surface area contributed by atoms with Crippen LogP contribution >= 0.6 is 0 Å². The summed E-state index contributed by atoms with van der Waals surface area (Å²) in [6, 6.07) is 17.6. The minimum Gasteiger partial charge on any atom is -0.492 e. The second kappa shape index (κ2) is 10.1. The third kappa shape index (κ3) is 6.82. The molecule has 2 N–H and O–H groups in total. The van der Waals surface area contributed by atoms with Crippen molar-refractivity contribution in [3.8, 4) is 17.2 Å². The van der Waals surface area contributed by atoms with Crippen LogP contribution in [0.15, 0.2) is 73.1 Å². The Balaban J connectivity index is 1.47. The summed E-state index contributed by atoms with van der Waals surface area (Å²) in [5.41, 5.74) is 1.34. The molecule has 0 saturated heterocycles. The predicted octanol–water partition coefficient (Wildman–Crippen LogP) is 4.46. The Labute approximate surface area is 170 Å². The van der Waals surface area contributed by atoms with Gasteiger partial charge in [-0.2, -0.15) is 0 Å². The molecule has 0 unspecified atom stereocenters. The van der Waals surface area contributed by atoms with Crippen LogP contribution in [0.2, 0.25) is 0 Å². The zero-order chi connectivity index (χ0) is 20.5. The smallest absolute Gasteiger partial charge is 0.323 e. The van der Waals surface area contributed by atoms with Crippen molar-refractivity contribution in [2.75, 3.05) is 37.9 Å². The van der Waals surface area contributed by atoms with E-state index in [1.54, 1.807) is 60.9 Å². The summed E-state index contributed by atoms with van der Waals surface area (Å²) in [7, 11) is 3.99. The molecule has 1 aromatic heterocycles. The highest BCUT2D eigenvalue weighted by molar-refractivity contribution is 5.99. The van der Waals surface area contributed by atoms with Crippen LogP contribution in [0.1, 0.15) is 0 Å². The number of hydrogen-bond acceptors (Lipinski definition) is 5. The van der Waals surface area contributed by atoms with E-state index >= 15 is 0 Å². The Kier molecular flexibility index (Phi) is 7.02. The molecule has 0 atom stereocenters. The molecule has 0 aliphatic heterocycles. The average molecular weight is 392 g/mol. The molecule has 0 radical (unpaired) electrons. The van der Waals surface area contributed by atoms with Crippen LogP contribution in [0.4, 0.5) is 16.2 Å². The summed E-state index contributed by atoms with van der Waals surface area (Å²) in [6.07, 6.45) is 3.33. The zero-order valence-electron chi connectivity index (χ0n) is 16.5. The Morgan fingerprint density at radius 3 is 1.90 bits per heavy atom. The fraction of sp³-hybridized carbons (Fsp3) is 0.182. The first kappa shape index (κ1) is 20.2. The minimum atomic E-state index is -0.325. The Bertz CT molecular complexity index is 898. The van der Waals surface area contributed by atoms with Crippen LogP contribution in [0.25, 0.3) is 0 Å². The zero-order valence-corrected chi connectivity index (χ0v) is 16.5. The molecule has 0 aliphatic carbocycles. The van der Waals surface area contributed by atoms with Crippen molar-refractivity contribution in [1.29, 1.82) is 0 Å². The van der Waals surface area contributed by atoms with E-state index in [1.165, 1.54) is 0 Å². The van der Waals surface area contributed by atoms with Gasteiger partial charge in [0.25, 0.3) is 0 Å². The van der Waals surface area contributed by atoms with Gasteiger partial charge >= 0.3 is 6.03 Å². The molecule has 0 spiro atoms. The Hall–Kier alpha value is -3.58. The monoisotopic (exact) mass is 392 g/mol.